The maximum Gasteiger partial charge on any atom is 0.129 e. The predicted octanol–water partition coefficient (Wildman–Crippen LogP) is 15.2. The van der Waals surface area contributed by atoms with Crippen molar-refractivity contribution in [3.63, 3.8) is 0 Å². The normalized spacial score (nSPS) is 14.2. The van der Waals surface area contributed by atoms with E-state index in [1.54, 1.807) is 0 Å². The van der Waals surface area contributed by atoms with E-state index in [0.717, 1.165) is 33.8 Å². The number of nitrogens with zero attached hydrogens (tertiary/aromatic N) is 4. The Morgan fingerprint density at radius 3 is 1.13 bits per heavy atom. The van der Waals surface area contributed by atoms with Crippen molar-refractivity contribution in [1.29, 1.82) is 0 Å². The fourth-order valence-electron chi connectivity index (χ4n) is 7.42. The van der Waals surface area contributed by atoms with Gasteiger partial charge < -0.3 is 14.9 Å². The molecule has 0 atom stereocenters. The van der Waals surface area contributed by atoms with Crippen LogP contribution < -0.4 is 14.9 Å². The molecule has 1 radical (unpaired) electrons. The second kappa shape index (κ2) is 16.9. The molecule has 7 rings (SSSR count). The van der Waals surface area contributed by atoms with Crippen molar-refractivity contribution in [2.24, 2.45) is 5.10 Å². The molecule has 1 aliphatic rings. The number of anilines is 2. The van der Waals surface area contributed by atoms with E-state index in [4.69, 9.17) is 10.1 Å². The maximum atomic E-state index is 5.24. The van der Waals surface area contributed by atoms with Gasteiger partial charge in [-0.1, -0.05) is 203 Å². The Morgan fingerprint density at radius 2 is 0.770 bits per heavy atom. The van der Waals surface area contributed by atoms with Crippen molar-refractivity contribution in [1.82, 2.24) is 4.98 Å². The van der Waals surface area contributed by atoms with Crippen LogP contribution in [0.15, 0.2) is 108 Å². The zero-order valence-corrected chi connectivity index (χ0v) is 42.6. The first-order valence-corrected chi connectivity index (χ1v) is 21.9. The molecule has 0 N–H and O–H groups in total. The quantitative estimate of drug-likeness (QED) is 0.131. The maximum absolute atomic E-state index is 5.24. The number of rotatable bonds is 3. The number of fused-ring (bicyclic) bond motifs is 3. The fourth-order valence-corrected chi connectivity index (χ4v) is 7.42. The Morgan fingerprint density at radius 1 is 0.410 bits per heavy atom. The van der Waals surface area contributed by atoms with Gasteiger partial charge in [0.25, 0.3) is 0 Å². The molecule has 0 amide bonds. The Bertz CT molecular complexity index is 2380. The summed E-state index contributed by atoms with van der Waals surface area (Å²) in [7, 11) is 0. The molecule has 0 bridgehead atoms. The molecule has 61 heavy (non-hydrogen) atoms. The number of hydrogen-bond acceptors (Lipinski definition) is 3. The molecule has 1 aromatic heterocycles. The van der Waals surface area contributed by atoms with Gasteiger partial charge in [-0.3, -0.25) is 0 Å². The summed E-state index contributed by atoms with van der Waals surface area (Å²) in [5, 5.41) is 9.86. The zero-order valence-electron chi connectivity index (χ0n) is 40.5. The molecule has 0 unspecified atom stereocenters. The summed E-state index contributed by atoms with van der Waals surface area (Å²) in [6.45, 7) is 43.1. The SMILES string of the molecule is CC(C)(C)c1cc(N2[CH-]N(c3cc(C(C)(C)C)cc(C(C)(C)C)c3)C(c3ccccc3)=N2)cc(C(C)(C)C)c1.CC(C)(C)c1ccc2[n-]c3ccc(C(C)(C)C)cc3c2c1.[Au]. The van der Waals surface area contributed by atoms with Crippen LogP contribution in [0.1, 0.15) is 164 Å². The van der Waals surface area contributed by atoms with Crippen LogP contribution in [0.2, 0.25) is 0 Å². The van der Waals surface area contributed by atoms with E-state index >= 15 is 0 Å². The number of benzene rings is 5. The van der Waals surface area contributed by atoms with Crippen LogP contribution in [-0.2, 0) is 54.9 Å². The third-order valence-corrected chi connectivity index (χ3v) is 11.8. The van der Waals surface area contributed by atoms with Crippen molar-refractivity contribution >= 4 is 39.0 Å². The first-order valence-electron chi connectivity index (χ1n) is 21.9. The summed E-state index contributed by atoms with van der Waals surface area (Å²) in [5.41, 5.74) is 14.0. The monoisotopic (exact) mass is 998 g/mol. The van der Waals surface area contributed by atoms with Gasteiger partial charge in [0.1, 0.15) is 5.84 Å². The molecule has 4 nitrogen and oxygen atoms in total. The third kappa shape index (κ3) is 10.9. The predicted molar refractivity (Wildman–Crippen MR) is 262 cm³/mol. The van der Waals surface area contributed by atoms with E-state index in [-0.39, 0.29) is 54.9 Å². The molecular weight excluding hydrogens is 926 g/mol. The first kappa shape index (κ1) is 48.0. The van der Waals surface area contributed by atoms with Crippen LogP contribution in [0.3, 0.4) is 0 Å². The molecule has 0 aliphatic carbocycles. The smallest absolute Gasteiger partial charge is 0.129 e. The molecule has 5 heteroatoms. The molecule has 0 saturated heterocycles. The first-order chi connectivity index (χ1) is 27.5. The zero-order chi connectivity index (χ0) is 44.4. The Labute approximate surface area is 385 Å². The summed E-state index contributed by atoms with van der Waals surface area (Å²) < 4.78 is 0. The van der Waals surface area contributed by atoms with Gasteiger partial charge >= 0.3 is 0 Å². The van der Waals surface area contributed by atoms with E-state index < -0.39 is 0 Å². The van der Waals surface area contributed by atoms with Crippen molar-refractivity contribution in [2.75, 3.05) is 9.91 Å². The summed E-state index contributed by atoms with van der Waals surface area (Å²) in [6.07, 6.45) is 0. The molecular formula is C56H72AuN4-2. The number of hydrazone groups is 1. The molecule has 2 heterocycles. The van der Waals surface area contributed by atoms with Crippen LogP contribution in [0, 0.1) is 6.67 Å². The standard InChI is InChI=1S/C36H48N3.C20H24N.Au/c1-33(2,3)26-18-27(34(4,5)6)21-30(20-26)38-24-39(37-32(38)25-16-14-13-15-17-25)31-22-28(35(7,8)9)19-29(23-31)36(10,11)12;1-19(2,3)13-7-9-17-15(11-13)16-12-14(20(4,5)6)8-10-18(16)21-17;/h13-24H,1-12H3;7-12H,1-6H3;/q2*-1;. The van der Waals surface area contributed by atoms with E-state index in [2.05, 4.69) is 244 Å². The van der Waals surface area contributed by atoms with E-state index in [9.17, 15) is 0 Å². The Hall–Kier alpha value is -4.09. The number of aromatic nitrogens is 1. The summed E-state index contributed by atoms with van der Waals surface area (Å²) in [4.78, 5) is 7.03. The van der Waals surface area contributed by atoms with Gasteiger partial charge in [0, 0.05) is 39.3 Å². The second-order valence-corrected chi connectivity index (χ2v) is 23.2. The van der Waals surface area contributed by atoms with Crippen LogP contribution in [0.5, 0.6) is 0 Å². The van der Waals surface area contributed by atoms with E-state index in [0.29, 0.717) is 0 Å². The van der Waals surface area contributed by atoms with Crippen LogP contribution in [0.4, 0.5) is 11.4 Å². The number of hydrogen-bond donors (Lipinski definition) is 0. The molecule has 0 spiro atoms. The molecule has 6 aromatic rings. The van der Waals surface area contributed by atoms with Crippen molar-refractivity contribution in [3.8, 4) is 0 Å². The minimum Gasteiger partial charge on any atom is -0.657 e. The van der Waals surface area contributed by atoms with Crippen molar-refractivity contribution < 1.29 is 22.4 Å². The van der Waals surface area contributed by atoms with Gasteiger partial charge in [-0.25, -0.2) is 0 Å². The second-order valence-electron chi connectivity index (χ2n) is 23.2. The average Bonchev–Trinajstić information content (AvgIpc) is 3.75. The van der Waals surface area contributed by atoms with Gasteiger partial charge in [-0.2, -0.15) is 5.10 Å². The molecule has 1 aliphatic heterocycles. The van der Waals surface area contributed by atoms with Crippen LogP contribution in [-0.4, -0.2) is 5.84 Å². The largest absolute Gasteiger partial charge is 0.657 e. The average molecular weight is 998 g/mol. The van der Waals surface area contributed by atoms with Gasteiger partial charge in [-0.05, 0) is 101 Å². The fraction of sp³-hybridized carbons (Fsp3) is 0.429. The Balaban J connectivity index is 0.000000269. The third-order valence-electron chi connectivity index (χ3n) is 11.8. The van der Waals surface area contributed by atoms with Crippen molar-refractivity contribution in [2.45, 2.75) is 157 Å². The van der Waals surface area contributed by atoms with Crippen molar-refractivity contribution in [3.05, 3.63) is 149 Å². The topological polar surface area (TPSA) is 32.9 Å². The summed E-state index contributed by atoms with van der Waals surface area (Å²) >= 11 is 0. The molecule has 0 fully saturated rings. The van der Waals surface area contributed by atoms with Gasteiger partial charge in [0.2, 0.25) is 0 Å². The van der Waals surface area contributed by atoms with E-state index in [1.165, 1.54) is 44.2 Å². The van der Waals surface area contributed by atoms with Gasteiger partial charge in [-0.15, -0.1) is 17.7 Å². The summed E-state index contributed by atoms with van der Waals surface area (Å²) in [5.74, 6) is 0.931. The molecule has 5 aromatic carbocycles. The van der Waals surface area contributed by atoms with Crippen LogP contribution >= 0.6 is 0 Å². The summed E-state index contributed by atoms with van der Waals surface area (Å²) in [6, 6.07) is 37.9. The van der Waals surface area contributed by atoms with E-state index in [1.807, 2.05) is 0 Å². The minimum absolute atomic E-state index is 0. The number of amidine groups is 1. The Kier molecular flexibility index (Phi) is 13.3. The van der Waals surface area contributed by atoms with Gasteiger partial charge in [0.05, 0.1) is 0 Å². The minimum atomic E-state index is 0. The molecule has 0 saturated carbocycles. The van der Waals surface area contributed by atoms with Crippen LogP contribution in [0.25, 0.3) is 21.8 Å². The molecule has 329 valence electrons. The van der Waals surface area contributed by atoms with Gasteiger partial charge in [0.15, 0.2) is 0 Å².